The average molecular weight is 555 g/mol. The Hall–Kier alpha value is -1.59. The van der Waals surface area contributed by atoms with Gasteiger partial charge in [0.2, 0.25) is 0 Å². The molecule has 0 radical (unpaired) electrons. The Morgan fingerprint density at radius 1 is 1.08 bits per heavy atom. The monoisotopic (exact) mass is 555 g/mol. The van der Waals surface area contributed by atoms with Crippen molar-refractivity contribution in [1.82, 2.24) is 19.5 Å². The Morgan fingerprint density at radius 3 is 2.50 bits per heavy atom. The number of phosphoric ester groups is 2. The number of ether oxygens (including phenoxy) is 1. The number of hydrogen-bond acceptors (Lipinski definition) is 14. The standard InChI is InChI=1S/C17H31N7O10P2/c18-5-1-3-10(19)4-2-6-31-35(27,28)34-36(29,30)32-7-11-13(25)14(26)17(33-11)24-9-23-12-15(20)21-8-22-16(12)24/h8-11,13-14,17,25-26H,1-7,18-19H2,(H,27,28)(H,29,30)(H2,20,21,22)/t10?,11-,13-,14-,17-/m0/s1. The predicted molar refractivity (Wildman–Crippen MR) is 124 cm³/mol. The molecule has 36 heavy (non-hydrogen) atoms. The first-order valence-electron chi connectivity index (χ1n) is 11.0. The van der Waals surface area contributed by atoms with E-state index >= 15 is 0 Å². The van der Waals surface area contributed by atoms with Gasteiger partial charge in [-0.05, 0) is 32.2 Å². The molecular formula is C17H31N7O10P2. The normalized spacial score (nSPS) is 26.6. The maximum absolute atomic E-state index is 12.2. The van der Waals surface area contributed by atoms with Crippen molar-refractivity contribution in [1.29, 1.82) is 0 Å². The molecule has 7 atom stereocenters. The third-order valence-electron chi connectivity index (χ3n) is 5.36. The van der Waals surface area contributed by atoms with Crippen LogP contribution in [0.2, 0.25) is 0 Å². The van der Waals surface area contributed by atoms with Crippen LogP contribution in [0.3, 0.4) is 0 Å². The van der Waals surface area contributed by atoms with Gasteiger partial charge >= 0.3 is 15.6 Å². The summed E-state index contributed by atoms with van der Waals surface area (Å²) in [6.45, 7) is -0.527. The van der Waals surface area contributed by atoms with Gasteiger partial charge in [0.25, 0.3) is 0 Å². The predicted octanol–water partition coefficient (Wildman–Crippen LogP) is -0.875. The highest BCUT2D eigenvalue weighted by Gasteiger charge is 2.46. The number of nitrogens with two attached hydrogens (primary N) is 3. The third kappa shape index (κ3) is 7.47. The molecule has 0 saturated carbocycles. The molecule has 3 rings (SSSR count). The zero-order chi connectivity index (χ0) is 26.5. The Morgan fingerprint density at radius 2 is 1.78 bits per heavy atom. The van der Waals surface area contributed by atoms with Crippen LogP contribution in [0.25, 0.3) is 11.2 Å². The molecule has 2 aromatic heterocycles. The van der Waals surface area contributed by atoms with Crippen molar-refractivity contribution >= 4 is 32.6 Å². The SMILES string of the molecule is NCCCC(N)CCCOP(=O)(O)OP(=O)(O)OC[C@@H]1O[C@H](n2cnc3c(N)ncnc32)[C@@H](O)[C@H]1O. The lowest BCUT2D eigenvalue weighted by Crippen LogP contribution is -2.33. The molecule has 17 nitrogen and oxygen atoms in total. The van der Waals surface area contributed by atoms with E-state index in [0.717, 1.165) is 6.42 Å². The second kappa shape index (κ2) is 12.3. The smallest absolute Gasteiger partial charge is 0.387 e. The minimum absolute atomic E-state index is 0.0927. The van der Waals surface area contributed by atoms with E-state index in [9.17, 15) is 29.1 Å². The van der Waals surface area contributed by atoms with Crippen LogP contribution in [0.4, 0.5) is 5.82 Å². The van der Waals surface area contributed by atoms with Crippen LogP contribution in [0.5, 0.6) is 0 Å². The van der Waals surface area contributed by atoms with Gasteiger partial charge in [-0.25, -0.2) is 24.1 Å². The van der Waals surface area contributed by atoms with Crippen LogP contribution in [-0.2, 0) is 27.2 Å². The summed E-state index contributed by atoms with van der Waals surface area (Å²) in [5.74, 6) is 0.0927. The first kappa shape index (κ1) is 29.0. The molecule has 0 amide bonds. The van der Waals surface area contributed by atoms with Crippen LogP contribution in [-0.4, -0.2) is 83.6 Å². The lowest BCUT2D eigenvalue weighted by atomic mass is 10.1. The van der Waals surface area contributed by atoms with Gasteiger partial charge in [0.1, 0.15) is 30.2 Å². The van der Waals surface area contributed by atoms with Gasteiger partial charge in [0, 0.05) is 6.04 Å². The van der Waals surface area contributed by atoms with E-state index in [2.05, 4.69) is 19.3 Å². The van der Waals surface area contributed by atoms with E-state index in [4.69, 9.17) is 31.0 Å². The Bertz CT molecular complexity index is 1110. The molecular weight excluding hydrogens is 524 g/mol. The van der Waals surface area contributed by atoms with Crippen molar-refractivity contribution in [3.05, 3.63) is 12.7 Å². The number of phosphoric acid groups is 2. The summed E-state index contributed by atoms with van der Waals surface area (Å²) in [6, 6.07) is -0.162. The quantitative estimate of drug-likeness (QED) is 0.110. The van der Waals surface area contributed by atoms with Crippen molar-refractivity contribution in [2.24, 2.45) is 11.5 Å². The van der Waals surface area contributed by atoms with Crippen molar-refractivity contribution < 1.29 is 47.2 Å². The van der Waals surface area contributed by atoms with Gasteiger partial charge in [-0.2, -0.15) is 4.31 Å². The van der Waals surface area contributed by atoms with Crippen molar-refractivity contribution in [2.75, 3.05) is 25.5 Å². The number of hydrogen-bond donors (Lipinski definition) is 7. The number of anilines is 1. The fraction of sp³-hybridized carbons (Fsp3) is 0.706. The number of nitrogens with zero attached hydrogens (tertiary/aromatic N) is 4. The minimum atomic E-state index is -5.13. The van der Waals surface area contributed by atoms with Crippen molar-refractivity contribution in [2.45, 2.75) is 56.3 Å². The number of aromatic nitrogens is 4. The summed E-state index contributed by atoms with van der Waals surface area (Å²) in [7, 11) is -10.1. The molecule has 0 bridgehead atoms. The number of nitrogen functional groups attached to an aromatic ring is 1. The van der Waals surface area contributed by atoms with Crippen LogP contribution in [0.1, 0.15) is 31.9 Å². The molecule has 1 aliphatic heterocycles. The summed E-state index contributed by atoms with van der Waals surface area (Å²) in [4.78, 5) is 31.5. The highest BCUT2D eigenvalue weighted by Crippen LogP contribution is 2.60. The molecule has 10 N–H and O–H groups in total. The highest BCUT2D eigenvalue weighted by molar-refractivity contribution is 7.61. The van der Waals surface area contributed by atoms with E-state index < -0.39 is 46.8 Å². The number of rotatable bonds is 14. The van der Waals surface area contributed by atoms with E-state index in [-0.39, 0.29) is 29.6 Å². The van der Waals surface area contributed by atoms with Crippen LogP contribution in [0, 0.1) is 0 Å². The number of imidazole rings is 1. The number of fused-ring (bicyclic) bond motifs is 1. The molecule has 0 aromatic carbocycles. The average Bonchev–Trinajstić information content (AvgIpc) is 3.35. The summed E-state index contributed by atoms with van der Waals surface area (Å²) < 4.78 is 44.7. The van der Waals surface area contributed by atoms with Gasteiger partial charge in [-0.3, -0.25) is 13.6 Å². The molecule has 19 heteroatoms. The molecule has 2 aromatic rings. The van der Waals surface area contributed by atoms with Gasteiger partial charge in [-0.15, -0.1) is 0 Å². The Kier molecular flexibility index (Phi) is 9.90. The van der Waals surface area contributed by atoms with Gasteiger partial charge < -0.3 is 41.9 Å². The van der Waals surface area contributed by atoms with Gasteiger partial charge in [0.05, 0.1) is 19.5 Å². The molecule has 1 aliphatic rings. The topological polar surface area (TPSA) is 274 Å². The molecule has 0 spiro atoms. The Labute approximate surface area is 205 Å². The van der Waals surface area contributed by atoms with E-state index in [1.54, 1.807) is 0 Å². The Balaban J connectivity index is 1.51. The third-order valence-corrected chi connectivity index (χ3v) is 7.99. The van der Waals surface area contributed by atoms with Crippen LogP contribution >= 0.6 is 15.6 Å². The zero-order valence-electron chi connectivity index (χ0n) is 19.1. The second-order valence-electron chi connectivity index (χ2n) is 8.11. The fourth-order valence-electron chi connectivity index (χ4n) is 3.55. The minimum Gasteiger partial charge on any atom is -0.387 e. The summed E-state index contributed by atoms with van der Waals surface area (Å²) in [6.07, 6.45) is -0.920. The molecule has 0 aliphatic carbocycles. The van der Waals surface area contributed by atoms with Crippen molar-refractivity contribution in [3.8, 4) is 0 Å². The van der Waals surface area contributed by atoms with E-state index in [1.807, 2.05) is 0 Å². The lowest BCUT2D eigenvalue weighted by Gasteiger charge is -2.19. The number of aliphatic hydroxyl groups excluding tert-OH is 2. The van der Waals surface area contributed by atoms with Gasteiger partial charge in [-0.1, -0.05) is 0 Å². The first-order valence-corrected chi connectivity index (χ1v) is 14.0. The summed E-state index contributed by atoms with van der Waals surface area (Å²) in [5.41, 5.74) is 17.5. The molecule has 1 saturated heterocycles. The van der Waals surface area contributed by atoms with Crippen molar-refractivity contribution in [3.63, 3.8) is 0 Å². The van der Waals surface area contributed by atoms with Gasteiger partial charge in [0.15, 0.2) is 17.7 Å². The summed E-state index contributed by atoms with van der Waals surface area (Å²) in [5, 5.41) is 20.7. The second-order valence-corrected chi connectivity index (χ2v) is 11.2. The van der Waals surface area contributed by atoms with Crippen LogP contribution in [0.15, 0.2) is 12.7 Å². The highest BCUT2D eigenvalue weighted by atomic mass is 31.3. The molecule has 1 fully saturated rings. The van der Waals surface area contributed by atoms with Crippen LogP contribution < -0.4 is 17.2 Å². The summed E-state index contributed by atoms with van der Waals surface area (Å²) >= 11 is 0. The van der Waals surface area contributed by atoms with E-state index in [0.29, 0.717) is 25.8 Å². The molecule has 3 unspecified atom stereocenters. The molecule has 204 valence electrons. The lowest BCUT2D eigenvalue weighted by molar-refractivity contribution is -0.0504. The first-order chi connectivity index (χ1) is 16.9. The largest absolute Gasteiger partial charge is 0.481 e. The fourth-order valence-corrected chi connectivity index (χ4v) is 5.66. The maximum atomic E-state index is 12.2. The maximum Gasteiger partial charge on any atom is 0.481 e. The zero-order valence-corrected chi connectivity index (χ0v) is 20.9. The molecule has 3 heterocycles. The van der Waals surface area contributed by atoms with E-state index in [1.165, 1.54) is 17.2 Å². The number of aliphatic hydroxyl groups is 2.